The molecular formula is C11H12N4O2. The van der Waals surface area contributed by atoms with E-state index in [1.165, 1.54) is 6.92 Å². The van der Waals surface area contributed by atoms with E-state index < -0.39 is 5.91 Å². The van der Waals surface area contributed by atoms with Gasteiger partial charge < -0.3 is 5.11 Å². The van der Waals surface area contributed by atoms with E-state index in [9.17, 15) is 4.79 Å². The Labute approximate surface area is 98.6 Å². The molecule has 0 aliphatic rings. The van der Waals surface area contributed by atoms with Gasteiger partial charge in [-0.3, -0.25) is 10.1 Å². The van der Waals surface area contributed by atoms with Crippen LogP contribution in [0.25, 0.3) is 0 Å². The molecule has 0 saturated carbocycles. The topological polar surface area (TPSA) is 98.9 Å². The first-order chi connectivity index (χ1) is 7.93. The first-order valence-electron chi connectivity index (χ1n) is 4.87. The number of rotatable bonds is 2. The molecule has 1 aromatic heterocycles. The average Bonchev–Trinajstić information content (AvgIpc) is 2.15. The van der Waals surface area contributed by atoms with Gasteiger partial charge in [-0.15, -0.1) is 0 Å². The fourth-order valence-electron chi connectivity index (χ4n) is 1.24. The van der Waals surface area contributed by atoms with Gasteiger partial charge in [-0.2, -0.15) is 5.26 Å². The molecule has 0 fully saturated rings. The number of aromatic nitrogens is 2. The molecule has 88 valence electrons. The van der Waals surface area contributed by atoms with Crippen molar-refractivity contribution in [2.24, 2.45) is 0 Å². The molecule has 1 rings (SSSR count). The summed E-state index contributed by atoms with van der Waals surface area (Å²) < 4.78 is 0. The highest BCUT2D eigenvalue weighted by Gasteiger charge is 2.14. The maximum absolute atomic E-state index is 11.6. The molecule has 1 aromatic rings. The summed E-state index contributed by atoms with van der Waals surface area (Å²) in [6.45, 7) is 4.80. The minimum Gasteiger partial charge on any atom is -0.511 e. The van der Waals surface area contributed by atoms with Gasteiger partial charge in [0.15, 0.2) is 5.57 Å². The summed E-state index contributed by atoms with van der Waals surface area (Å²) >= 11 is 0. The molecule has 1 amide bonds. The number of allylic oxidation sites excluding steroid dienone is 1. The van der Waals surface area contributed by atoms with Crippen molar-refractivity contribution in [2.45, 2.75) is 20.8 Å². The number of carbonyl (C=O) groups is 1. The van der Waals surface area contributed by atoms with Gasteiger partial charge in [0.05, 0.1) is 0 Å². The molecule has 0 atom stereocenters. The van der Waals surface area contributed by atoms with Crippen LogP contribution in [0.3, 0.4) is 0 Å². The van der Waals surface area contributed by atoms with E-state index in [1.54, 1.807) is 26.0 Å². The molecule has 0 aliphatic heterocycles. The lowest BCUT2D eigenvalue weighted by Crippen LogP contribution is -2.17. The van der Waals surface area contributed by atoms with E-state index in [-0.39, 0.29) is 17.3 Å². The Morgan fingerprint density at radius 1 is 1.41 bits per heavy atom. The van der Waals surface area contributed by atoms with Crippen molar-refractivity contribution in [3.63, 3.8) is 0 Å². The summed E-state index contributed by atoms with van der Waals surface area (Å²) in [6.07, 6.45) is 0. The number of amides is 1. The molecule has 0 aromatic carbocycles. The van der Waals surface area contributed by atoms with Gasteiger partial charge >= 0.3 is 0 Å². The summed E-state index contributed by atoms with van der Waals surface area (Å²) in [4.78, 5) is 19.6. The minimum absolute atomic E-state index is 0.113. The van der Waals surface area contributed by atoms with Crippen LogP contribution in [0.2, 0.25) is 0 Å². The fraction of sp³-hybridized carbons (Fsp3) is 0.273. The lowest BCUT2D eigenvalue weighted by molar-refractivity contribution is -0.112. The SMILES string of the molecule is C/C(O)=C(\C#N)C(=O)Nc1nc(C)cc(C)n1. The highest BCUT2D eigenvalue weighted by Crippen LogP contribution is 2.07. The predicted octanol–water partition coefficient (Wildman–Crippen LogP) is 1.39. The standard InChI is InChI=1S/C11H12N4O2/c1-6-4-7(2)14-11(13-6)15-10(17)9(5-12)8(3)16/h4,16H,1-3H3,(H,13,14,15,17)/b9-8-. The number of nitrogens with one attached hydrogen (secondary N) is 1. The summed E-state index contributed by atoms with van der Waals surface area (Å²) in [6, 6.07) is 3.37. The Hall–Kier alpha value is -2.42. The third-order valence-electron chi connectivity index (χ3n) is 1.91. The van der Waals surface area contributed by atoms with Crippen molar-refractivity contribution >= 4 is 11.9 Å². The van der Waals surface area contributed by atoms with Crippen LogP contribution in [0.5, 0.6) is 0 Å². The number of hydrogen-bond acceptors (Lipinski definition) is 5. The quantitative estimate of drug-likeness (QED) is 0.456. The zero-order chi connectivity index (χ0) is 13.0. The zero-order valence-corrected chi connectivity index (χ0v) is 9.77. The molecule has 0 unspecified atom stereocenters. The van der Waals surface area contributed by atoms with Crippen LogP contribution < -0.4 is 5.32 Å². The molecule has 17 heavy (non-hydrogen) atoms. The van der Waals surface area contributed by atoms with E-state index >= 15 is 0 Å². The maximum Gasteiger partial charge on any atom is 0.272 e. The van der Waals surface area contributed by atoms with Crippen LogP contribution in [-0.4, -0.2) is 21.0 Å². The van der Waals surface area contributed by atoms with Crippen LogP contribution in [0.15, 0.2) is 17.4 Å². The van der Waals surface area contributed by atoms with Gasteiger partial charge in [0.25, 0.3) is 5.91 Å². The molecule has 0 bridgehead atoms. The highest BCUT2D eigenvalue weighted by molar-refractivity contribution is 6.05. The lowest BCUT2D eigenvalue weighted by Gasteiger charge is -2.04. The third kappa shape index (κ3) is 3.28. The van der Waals surface area contributed by atoms with Gasteiger partial charge in [0.2, 0.25) is 5.95 Å². The van der Waals surface area contributed by atoms with Crippen LogP contribution in [0.1, 0.15) is 18.3 Å². The molecule has 1 heterocycles. The fourth-order valence-corrected chi connectivity index (χ4v) is 1.24. The van der Waals surface area contributed by atoms with Crippen molar-refractivity contribution in [1.82, 2.24) is 9.97 Å². The van der Waals surface area contributed by atoms with Gasteiger partial charge in [-0.05, 0) is 26.8 Å². The van der Waals surface area contributed by atoms with E-state index in [0.29, 0.717) is 11.4 Å². The summed E-state index contributed by atoms with van der Waals surface area (Å²) in [7, 11) is 0. The largest absolute Gasteiger partial charge is 0.511 e. The molecular weight excluding hydrogens is 220 g/mol. The van der Waals surface area contributed by atoms with Gasteiger partial charge in [0.1, 0.15) is 11.8 Å². The minimum atomic E-state index is -0.725. The first-order valence-corrected chi connectivity index (χ1v) is 4.87. The molecule has 0 saturated heterocycles. The molecule has 0 radical (unpaired) electrons. The third-order valence-corrected chi connectivity index (χ3v) is 1.91. The second-order valence-corrected chi connectivity index (χ2v) is 3.50. The van der Waals surface area contributed by atoms with E-state index in [4.69, 9.17) is 10.4 Å². The Balaban J connectivity index is 2.97. The molecule has 6 nitrogen and oxygen atoms in total. The van der Waals surface area contributed by atoms with E-state index in [2.05, 4.69) is 15.3 Å². The van der Waals surface area contributed by atoms with Crippen molar-refractivity contribution in [3.05, 3.63) is 28.8 Å². The summed E-state index contributed by atoms with van der Waals surface area (Å²) in [5, 5.41) is 20.2. The van der Waals surface area contributed by atoms with Crippen LogP contribution in [-0.2, 0) is 4.79 Å². The predicted molar refractivity (Wildman–Crippen MR) is 61.1 cm³/mol. The second-order valence-electron chi connectivity index (χ2n) is 3.50. The van der Waals surface area contributed by atoms with Crippen LogP contribution in [0, 0.1) is 25.2 Å². The van der Waals surface area contributed by atoms with Crippen molar-refractivity contribution in [1.29, 1.82) is 5.26 Å². The number of aliphatic hydroxyl groups is 1. The van der Waals surface area contributed by atoms with Crippen molar-refractivity contribution < 1.29 is 9.90 Å². The molecule has 0 spiro atoms. The number of aliphatic hydroxyl groups excluding tert-OH is 1. The number of nitrogens with zero attached hydrogens (tertiary/aromatic N) is 3. The first kappa shape index (κ1) is 12.6. The number of carbonyl (C=O) groups excluding carboxylic acids is 1. The monoisotopic (exact) mass is 232 g/mol. The van der Waals surface area contributed by atoms with Gasteiger partial charge in [0, 0.05) is 11.4 Å². The number of hydrogen-bond donors (Lipinski definition) is 2. The summed E-state index contributed by atoms with van der Waals surface area (Å²) in [5.41, 5.74) is 1.06. The van der Waals surface area contributed by atoms with Gasteiger partial charge in [-0.25, -0.2) is 9.97 Å². The number of anilines is 1. The molecule has 6 heteroatoms. The average molecular weight is 232 g/mol. The lowest BCUT2D eigenvalue weighted by atomic mass is 10.2. The van der Waals surface area contributed by atoms with E-state index in [1.807, 2.05) is 0 Å². The van der Waals surface area contributed by atoms with Crippen molar-refractivity contribution in [3.8, 4) is 6.07 Å². The number of nitriles is 1. The van der Waals surface area contributed by atoms with Crippen LogP contribution >= 0.6 is 0 Å². The van der Waals surface area contributed by atoms with Gasteiger partial charge in [-0.1, -0.05) is 0 Å². The second kappa shape index (κ2) is 5.07. The van der Waals surface area contributed by atoms with E-state index in [0.717, 1.165) is 0 Å². The normalized spacial score (nSPS) is 11.4. The maximum atomic E-state index is 11.6. The van der Waals surface area contributed by atoms with Crippen LogP contribution in [0.4, 0.5) is 5.95 Å². The van der Waals surface area contributed by atoms with Crippen molar-refractivity contribution in [2.75, 3.05) is 5.32 Å². The Kier molecular flexibility index (Phi) is 3.78. The smallest absolute Gasteiger partial charge is 0.272 e. The highest BCUT2D eigenvalue weighted by atomic mass is 16.3. The Morgan fingerprint density at radius 2 is 1.94 bits per heavy atom. The zero-order valence-electron chi connectivity index (χ0n) is 9.77. The molecule has 0 aliphatic carbocycles. The summed E-state index contributed by atoms with van der Waals surface area (Å²) in [5.74, 6) is -0.951. The Bertz CT molecular complexity index is 505. The Morgan fingerprint density at radius 3 is 2.35 bits per heavy atom. The molecule has 2 N–H and O–H groups in total. The number of aryl methyl sites for hydroxylation is 2.